The number of aliphatic hydroxyl groups is 1. The monoisotopic (exact) mass is 329 g/mol. The number of carbonyl (C=O) groups is 1. The third kappa shape index (κ3) is 3.21. The van der Waals surface area contributed by atoms with Crippen LogP contribution < -0.4 is 5.32 Å². The van der Waals surface area contributed by atoms with Crippen molar-refractivity contribution < 1.29 is 23.1 Å². The highest BCUT2D eigenvalue weighted by molar-refractivity contribution is 5.76. The smallest absolute Gasteiger partial charge is 0.391 e. The van der Waals surface area contributed by atoms with Crippen LogP contribution in [0.4, 0.5) is 13.2 Å². The lowest BCUT2D eigenvalue weighted by molar-refractivity contribution is -0.141. The van der Waals surface area contributed by atoms with Crippen LogP contribution in [0.1, 0.15) is 18.2 Å². The molecule has 0 aromatic carbocycles. The van der Waals surface area contributed by atoms with E-state index < -0.39 is 23.9 Å². The van der Waals surface area contributed by atoms with E-state index in [0.717, 1.165) is 16.9 Å². The average Bonchev–Trinajstić information content (AvgIpc) is 3.08. The van der Waals surface area contributed by atoms with Crippen LogP contribution in [-0.4, -0.2) is 42.7 Å². The second-order valence-electron chi connectivity index (χ2n) is 5.35. The molecule has 1 fully saturated rings. The quantitative estimate of drug-likeness (QED) is 0.860. The van der Waals surface area contributed by atoms with E-state index >= 15 is 0 Å². The second kappa shape index (κ2) is 5.69. The number of nitrogens with zero attached hydrogens (tertiary/aromatic N) is 4. The Balaban J connectivity index is 1.58. The number of aliphatic hydroxyl groups excluding tert-OH is 1. The van der Waals surface area contributed by atoms with Crippen molar-refractivity contribution >= 4 is 5.91 Å². The maximum atomic E-state index is 12.5. The van der Waals surface area contributed by atoms with Gasteiger partial charge in [-0.25, -0.2) is 0 Å². The molecule has 0 spiro atoms. The maximum Gasteiger partial charge on any atom is 0.435 e. The van der Waals surface area contributed by atoms with Gasteiger partial charge in [0.2, 0.25) is 5.91 Å². The van der Waals surface area contributed by atoms with Crippen LogP contribution in [0.15, 0.2) is 30.7 Å². The minimum Gasteiger partial charge on any atom is -0.391 e. The van der Waals surface area contributed by atoms with Gasteiger partial charge in [0.05, 0.1) is 18.2 Å². The molecule has 2 aromatic rings. The number of nitrogens with one attached hydrogen (secondary N) is 1. The first-order valence-corrected chi connectivity index (χ1v) is 6.92. The highest BCUT2D eigenvalue weighted by atomic mass is 19.4. The van der Waals surface area contributed by atoms with E-state index in [9.17, 15) is 23.1 Å². The van der Waals surface area contributed by atoms with E-state index in [1.54, 1.807) is 23.1 Å². The summed E-state index contributed by atoms with van der Waals surface area (Å²) < 4.78 is 39.8. The van der Waals surface area contributed by atoms with Gasteiger partial charge >= 0.3 is 6.18 Å². The van der Waals surface area contributed by atoms with Crippen molar-refractivity contribution in [3.05, 3.63) is 36.4 Å². The normalized spacial score (nSPS) is 24.3. The van der Waals surface area contributed by atoms with Gasteiger partial charge in [0.25, 0.3) is 0 Å². The lowest BCUT2D eigenvalue weighted by Crippen LogP contribution is -2.56. The van der Waals surface area contributed by atoms with Gasteiger partial charge in [-0.1, -0.05) is 0 Å². The maximum absolute atomic E-state index is 12.5. The molecule has 0 unspecified atom stereocenters. The van der Waals surface area contributed by atoms with Crippen LogP contribution in [0.5, 0.6) is 0 Å². The number of rotatable bonds is 4. The number of aromatic nitrogens is 4. The van der Waals surface area contributed by atoms with Crippen molar-refractivity contribution in [1.29, 1.82) is 0 Å². The largest absolute Gasteiger partial charge is 0.435 e. The summed E-state index contributed by atoms with van der Waals surface area (Å²) in [4.78, 5) is 11.9. The van der Waals surface area contributed by atoms with Crippen LogP contribution in [-0.2, 0) is 17.5 Å². The summed E-state index contributed by atoms with van der Waals surface area (Å²) in [5.74, 6) is -0.476. The highest BCUT2D eigenvalue weighted by Crippen LogP contribution is 2.32. The first kappa shape index (κ1) is 15.5. The van der Waals surface area contributed by atoms with Gasteiger partial charge in [-0.05, 0) is 18.6 Å². The van der Waals surface area contributed by atoms with E-state index in [-0.39, 0.29) is 18.6 Å². The zero-order chi connectivity index (χ0) is 16.6. The minimum absolute atomic E-state index is 0.324. The third-order valence-electron chi connectivity index (χ3n) is 3.72. The van der Waals surface area contributed by atoms with E-state index in [4.69, 9.17) is 0 Å². The molecule has 1 aliphatic carbocycles. The van der Waals surface area contributed by atoms with Crippen molar-refractivity contribution in [3.8, 4) is 0 Å². The third-order valence-corrected chi connectivity index (χ3v) is 3.72. The minimum atomic E-state index is -4.54. The molecule has 7 nitrogen and oxygen atoms in total. The van der Waals surface area contributed by atoms with Crippen LogP contribution in [0, 0.1) is 0 Å². The van der Waals surface area contributed by atoms with E-state index in [0.29, 0.717) is 6.42 Å². The molecule has 1 saturated carbocycles. The number of amides is 1. The van der Waals surface area contributed by atoms with Gasteiger partial charge in [0.15, 0.2) is 5.69 Å². The van der Waals surface area contributed by atoms with Gasteiger partial charge in [0.1, 0.15) is 6.54 Å². The molecule has 23 heavy (non-hydrogen) atoms. The molecular formula is C13H14F3N5O2. The molecule has 2 heterocycles. The molecule has 0 bridgehead atoms. The molecule has 0 saturated heterocycles. The number of hydrogen-bond donors (Lipinski definition) is 2. The Kier molecular flexibility index (Phi) is 3.84. The SMILES string of the molecule is O=C(Cn1ccc(C(F)(F)F)n1)N[C@H]1C[C@@H](O)[C@@H]1n1cccn1. The summed E-state index contributed by atoms with van der Waals surface area (Å²) in [5.41, 5.74) is -1.04. The average molecular weight is 329 g/mol. The molecular weight excluding hydrogens is 315 g/mol. The van der Waals surface area contributed by atoms with Gasteiger partial charge < -0.3 is 10.4 Å². The summed E-state index contributed by atoms with van der Waals surface area (Å²) in [6.07, 6.45) is -0.458. The number of halogens is 3. The van der Waals surface area contributed by atoms with Crippen molar-refractivity contribution in [2.75, 3.05) is 0 Å². The van der Waals surface area contributed by atoms with Gasteiger partial charge in [-0.3, -0.25) is 14.2 Å². The Morgan fingerprint density at radius 2 is 2.22 bits per heavy atom. The van der Waals surface area contributed by atoms with Crippen LogP contribution >= 0.6 is 0 Å². The van der Waals surface area contributed by atoms with Crippen molar-refractivity contribution in [2.24, 2.45) is 0 Å². The predicted octanol–water partition coefficient (Wildman–Crippen LogP) is 0.589. The molecule has 0 aliphatic heterocycles. The van der Waals surface area contributed by atoms with Crippen molar-refractivity contribution in [3.63, 3.8) is 0 Å². The molecule has 2 aromatic heterocycles. The molecule has 124 valence electrons. The Hall–Kier alpha value is -2.36. The lowest BCUT2D eigenvalue weighted by atomic mass is 9.83. The topological polar surface area (TPSA) is 85.0 Å². The van der Waals surface area contributed by atoms with Crippen molar-refractivity contribution in [1.82, 2.24) is 24.9 Å². The molecule has 3 atom stereocenters. The van der Waals surface area contributed by atoms with Crippen LogP contribution in [0.2, 0.25) is 0 Å². The fourth-order valence-corrected chi connectivity index (χ4v) is 2.57. The van der Waals surface area contributed by atoms with E-state index in [1.165, 1.54) is 0 Å². The summed E-state index contributed by atoms with van der Waals surface area (Å²) in [7, 11) is 0. The Morgan fingerprint density at radius 1 is 1.43 bits per heavy atom. The standard InChI is InChI=1S/C13H14F3N5O2/c14-13(15,16)10-2-5-20(19-10)7-11(23)18-8-6-9(22)12(8)21-4-1-3-17-21/h1-5,8-9,12,22H,6-7H2,(H,18,23)/t8-,9+,12+/m0/s1. The summed E-state index contributed by atoms with van der Waals surface area (Å²) in [6.45, 7) is -0.325. The zero-order valence-corrected chi connectivity index (χ0v) is 11.8. The molecule has 3 rings (SSSR count). The van der Waals surface area contributed by atoms with E-state index in [1.807, 2.05) is 0 Å². The fourth-order valence-electron chi connectivity index (χ4n) is 2.57. The summed E-state index contributed by atoms with van der Waals surface area (Å²) >= 11 is 0. The summed E-state index contributed by atoms with van der Waals surface area (Å²) in [6, 6.07) is 1.81. The molecule has 2 N–H and O–H groups in total. The molecule has 10 heteroatoms. The fraction of sp³-hybridized carbons (Fsp3) is 0.462. The van der Waals surface area contributed by atoms with Crippen LogP contribution in [0.25, 0.3) is 0 Å². The molecule has 1 aliphatic rings. The predicted molar refractivity (Wildman–Crippen MR) is 71.0 cm³/mol. The van der Waals surface area contributed by atoms with Gasteiger partial charge in [0, 0.05) is 18.6 Å². The second-order valence-corrected chi connectivity index (χ2v) is 5.35. The Labute approximate surface area is 128 Å². The Morgan fingerprint density at radius 3 is 2.78 bits per heavy atom. The van der Waals surface area contributed by atoms with E-state index in [2.05, 4.69) is 15.5 Å². The first-order valence-electron chi connectivity index (χ1n) is 6.92. The van der Waals surface area contributed by atoms with Gasteiger partial charge in [-0.15, -0.1) is 0 Å². The van der Waals surface area contributed by atoms with Gasteiger partial charge in [-0.2, -0.15) is 23.4 Å². The van der Waals surface area contributed by atoms with Crippen LogP contribution in [0.3, 0.4) is 0 Å². The zero-order valence-electron chi connectivity index (χ0n) is 11.8. The number of alkyl halides is 3. The summed E-state index contributed by atoms with van der Waals surface area (Å²) in [5, 5.41) is 19.8. The Bertz CT molecular complexity index is 682. The highest BCUT2D eigenvalue weighted by Gasteiger charge is 2.42. The number of hydrogen-bond acceptors (Lipinski definition) is 4. The molecule has 1 amide bonds. The first-order chi connectivity index (χ1) is 10.8. The lowest BCUT2D eigenvalue weighted by Gasteiger charge is -2.41. The number of carbonyl (C=O) groups excluding carboxylic acids is 1. The van der Waals surface area contributed by atoms with Crippen molar-refractivity contribution in [2.45, 2.75) is 37.3 Å². The molecule has 0 radical (unpaired) electrons.